The summed E-state index contributed by atoms with van der Waals surface area (Å²) in [6.07, 6.45) is 0.173. The number of nitrogens with one attached hydrogen (secondary N) is 2. The van der Waals surface area contributed by atoms with Gasteiger partial charge in [-0.1, -0.05) is 61.9 Å². The first kappa shape index (κ1) is 25.2. The van der Waals surface area contributed by atoms with Crippen molar-refractivity contribution in [3.8, 4) is 11.1 Å². The molecule has 0 radical (unpaired) electrons. The van der Waals surface area contributed by atoms with E-state index in [0.717, 1.165) is 22.3 Å². The summed E-state index contributed by atoms with van der Waals surface area (Å²) >= 11 is 0. The van der Waals surface area contributed by atoms with Crippen molar-refractivity contribution in [3.63, 3.8) is 0 Å². The molecule has 0 heterocycles. The fraction of sp³-hybridized carbons (Fsp3) is 0.423. The second-order valence-electron chi connectivity index (χ2n) is 8.42. The maximum absolute atomic E-state index is 12.7. The molecule has 2 atom stereocenters. The predicted molar refractivity (Wildman–Crippen MR) is 128 cm³/mol. The zero-order valence-electron chi connectivity index (χ0n) is 19.6. The Kier molecular flexibility index (Phi) is 9.04. The number of aliphatic carboxylic acids is 1. The normalized spacial score (nSPS) is 13.9. The van der Waals surface area contributed by atoms with Crippen LogP contribution in [0.2, 0.25) is 0 Å². The number of carbonyl (C=O) groups excluding carboxylic acids is 2. The molecule has 8 nitrogen and oxygen atoms in total. The van der Waals surface area contributed by atoms with Gasteiger partial charge in [0, 0.05) is 39.0 Å². The first-order valence-electron chi connectivity index (χ1n) is 11.5. The number of carboxylic acids is 1. The minimum absolute atomic E-state index is 0.0284. The van der Waals surface area contributed by atoms with Crippen LogP contribution in [0.15, 0.2) is 48.5 Å². The Balaban J connectivity index is 1.60. The second kappa shape index (κ2) is 12.2. The van der Waals surface area contributed by atoms with Crippen LogP contribution in [0.5, 0.6) is 0 Å². The maximum atomic E-state index is 12.7. The molecular weight excluding hydrogens is 436 g/mol. The molecule has 2 unspecified atom stereocenters. The van der Waals surface area contributed by atoms with Crippen LogP contribution >= 0.6 is 0 Å². The van der Waals surface area contributed by atoms with E-state index in [1.807, 2.05) is 43.3 Å². The number of ether oxygens (including phenoxy) is 2. The molecule has 0 aliphatic heterocycles. The average Bonchev–Trinajstić information content (AvgIpc) is 3.16. The summed E-state index contributed by atoms with van der Waals surface area (Å²) in [7, 11) is 1.52. The van der Waals surface area contributed by atoms with E-state index in [2.05, 4.69) is 22.8 Å². The van der Waals surface area contributed by atoms with Crippen molar-refractivity contribution in [1.29, 1.82) is 0 Å². The minimum Gasteiger partial charge on any atom is -0.481 e. The Morgan fingerprint density at radius 1 is 1.03 bits per heavy atom. The number of methoxy groups -OCH3 is 1. The Labute approximate surface area is 199 Å². The van der Waals surface area contributed by atoms with Crippen molar-refractivity contribution in [2.45, 2.75) is 38.1 Å². The molecule has 3 N–H and O–H groups in total. The Hall–Kier alpha value is -3.39. The Morgan fingerprint density at radius 3 is 2.21 bits per heavy atom. The van der Waals surface area contributed by atoms with Crippen molar-refractivity contribution in [2.75, 3.05) is 26.9 Å². The number of amides is 2. The van der Waals surface area contributed by atoms with Crippen LogP contribution in [-0.4, -0.2) is 56.0 Å². The van der Waals surface area contributed by atoms with Crippen LogP contribution in [0.4, 0.5) is 4.79 Å². The summed E-state index contributed by atoms with van der Waals surface area (Å²) in [5.41, 5.74) is 4.48. The fourth-order valence-electron chi connectivity index (χ4n) is 4.26. The van der Waals surface area contributed by atoms with Gasteiger partial charge < -0.3 is 25.2 Å². The monoisotopic (exact) mass is 468 g/mol. The summed E-state index contributed by atoms with van der Waals surface area (Å²) in [5, 5.41) is 14.4. The lowest BCUT2D eigenvalue weighted by molar-refractivity contribution is -0.138. The summed E-state index contributed by atoms with van der Waals surface area (Å²) < 4.78 is 10.6. The van der Waals surface area contributed by atoms with E-state index < -0.39 is 24.0 Å². The van der Waals surface area contributed by atoms with Gasteiger partial charge in [0.05, 0.1) is 0 Å². The minimum atomic E-state index is -0.909. The second-order valence-corrected chi connectivity index (χ2v) is 8.42. The van der Waals surface area contributed by atoms with Gasteiger partial charge in [0.25, 0.3) is 0 Å². The zero-order valence-corrected chi connectivity index (χ0v) is 19.6. The molecule has 0 saturated carbocycles. The smallest absolute Gasteiger partial charge is 0.407 e. The van der Waals surface area contributed by atoms with Gasteiger partial charge in [0.15, 0.2) is 0 Å². The first-order chi connectivity index (χ1) is 16.4. The van der Waals surface area contributed by atoms with Crippen molar-refractivity contribution in [1.82, 2.24) is 10.6 Å². The van der Waals surface area contributed by atoms with Gasteiger partial charge in [-0.3, -0.25) is 9.59 Å². The van der Waals surface area contributed by atoms with Gasteiger partial charge in [0.2, 0.25) is 5.91 Å². The highest BCUT2D eigenvalue weighted by atomic mass is 16.5. The number of fused-ring (bicyclic) bond motifs is 3. The number of carboxylic acid groups (broad SMARTS) is 1. The lowest BCUT2D eigenvalue weighted by Gasteiger charge is -2.21. The van der Waals surface area contributed by atoms with Gasteiger partial charge in [0.1, 0.15) is 12.6 Å². The summed E-state index contributed by atoms with van der Waals surface area (Å²) in [6.45, 7) is 2.51. The molecule has 8 heteroatoms. The summed E-state index contributed by atoms with van der Waals surface area (Å²) in [4.78, 5) is 36.3. The number of hydrogen-bond donors (Lipinski definition) is 3. The van der Waals surface area contributed by atoms with E-state index in [1.165, 1.54) is 7.11 Å². The first-order valence-corrected chi connectivity index (χ1v) is 11.5. The highest BCUT2D eigenvalue weighted by Gasteiger charge is 2.30. The maximum Gasteiger partial charge on any atom is 0.407 e. The van der Waals surface area contributed by atoms with Gasteiger partial charge in [-0.2, -0.15) is 0 Å². The lowest BCUT2D eigenvalue weighted by Crippen LogP contribution is -2.48. The molecule has 2 aromatic carbocycles. The molecule has 3 rings (SSSR count). The molecule has 0 aromatic heterocycles. The largest absolute Gasteiger partial charge is 0.481 e. The quantitative estimate of drug-likeness (QED) is 0.439. The molecule has 0 saturated heterocycles. The van der Waals surface area contributed by atoms with Gasteiger partial charge in [-0.15, -0.1) is 0 Å². The third-order valence-electron chi connectivity index (χ3n) is 6.17. The number of rotatable bonds is 12. The summed E-state index contributed by atoms with van der Waals surface area (Å²) in [5.74, 6) is -1.56. The van der Waals surface area contributed by atoms with Gasteiger partial charge in [-0.25, -0.2) is 4.79 Å². The standard InChI is InChI=1S/C26H32N2O6/c1-3-17(14-24(29)30)15-27-25(31)23(12-13-33-2)28-26(32)34-16-22-20-10-6-4-8-18(20)19-9-5-7-11-21(19)22/h4-11,17,22-23H,3,12-16H2,1-2H3,(H,27,31)(H,28,32)(H,29,30). The molecule has 1 aliphatic rings. The van der Waals surface area contributed by atoms with Crippen molar-refractivity contribution in [3.05, 3.63) is 59.7 Å². The topological polar surface area (TPSA) is 114 Å². The molecule has 34 heavy (non-hydrogen) atoms. The molecule has 0 fully saturated rings. The number of hydrogen-bond acceptors (Lipinski definition) is 5. The molecule has 182 valence electrons. The predicted octanol–water partition coefficient (Wildman–Crippen LogP) is 3.55. The molecule has 0 bridgehead atoms. The highest BCUT2D eigenvalue weighted by molar-refractivity contribution is 5.85. The van der Waals surface area contributed by atoms with Crippen molar-refractivity contribution < 1.29 is 29.0 Å². The van der Waals surface area contributed by atoms with Crippen LogP contribution in [0, 0.1) is 5.92 Å². The summed E-state index contributed by atoms with van der Waals surface area (Å²) in [6, 6.07) is 15.3. The zero-order chi connectivity index (χ0) is 24.5. The van der Waals surface area contributed by atoms with E-state index in [0.29, 0.717) is 6.42 Å². The number of carbonyl (C=O) groups is 3. The van der Waals surface area contributed by atoms with Crippen LogP contribution in [0.25, 0.3) is 11.1 Å². The number of benzene rings is 2. The average molecular weight is 469 g/mol. The Bertz CT molecular complexity index is 963. The fourth-order valence-corrected chi connectivity index (χ4v) is 4.26. The molecular formula is C26H32N2O6. The van der Waals surface area contributed by atoms with E-state index in [4.69, 9.17) is 14.6 Å². The molecule has 2 aromatic rings. The van der Waals surface area contributed by atoms with E-state index in [9.17, 15) is 14.4 Å². The highest BCUT2D eigenvalue weighted by Crippen LogP contribution is 2.44. The van der Waals surface area contributed by atoms with E-state index >= 15 is 0 Å². The van der Waals surface area contributed by atoms with Gasteiger partial charge in [-0.05, 0) is 28.2 Å². The van der Waals surface area contributed by atoms with Crippen molar-refractivity contribution >= 4 is 18.0 Å². The SMILES string of the molecule is CCC(CNC(=O)C(CCOC)NC(=O)OCC1c2ccccc2-c2ccccc21)CC(=O)O. The van der Waals surface area contributed by atoms with E-state index in [-0.39, 0.29) is 44.4 Å². The van der Waals surface area contributed by atoms with Gasteiger partial charge >= 0.3 is 12.1 Å². The van der Waals surface area contributed by atoms with Crippen LogP contribution in [0.3, 0.4) is 0 Å². The number of alkyl carbamates (subject to hydrolysis) is 1. The third-order valence-corrected chi connectivity index (χ3v) is 6.17. The molecule has 2 amide bonds. The lowest BCUT2D eigenvalue weighted by atomic mass is 9.98. The molecule has 1 aliphatic carbocycles. The van der Waals surface area contributed by atoms with Crippen LogP contribution in [-0.2, 0) is 19.1 Å². The Morgan fingerprint density at radius 2 is 1.65 bits per heavy atom. The van der Waals surface area contributed by atoms with Crippen molar-refractivity contribution in [2.24, 2.45) is 5.92 Å². The third kappa shape index (κ3) is 6.35. The van der Waals surface area contributed by atoms with Crippen LogP contribution in [0.1, 0.15) is 43.2 Å². The van der Waals surface area contributed by atoms with E-state index in [1.54, 1.807) is 0 Å². The van der Waals surface area contributed by atoms with Crippen LogP contribution < -0.4 is 10.6 Å². The molecule has 0 spiro atoms.